The number of nitrogens with one attached hydrogen (secondary N) is 1. The standard InChI is InChI=1S/C12H9ClFNO2/c13-12(17)10-6-15-11(16)5-9(10)7-1-3-8(14)4-2-7/h1-4,6,9H,5H2,(H,15,16). The largest absolute Gasteiger partial charge is 0.332 e. The van der Waals surface area contributed by atoms with Gasteiger partial charge in [0.25, 0.3) is 0 Å². The molecule has 0 fully saturated rings. The summed E-state index contributed by atoms with van der Waals surface area (Å²) in [7, 11) is 0. The maximum absolute atomic E-state index is 12.8. The highest BCUT2D eigenvalue weighted by atomic mass is 35.5. The van der Waals surface area contributed by atoms with Crippen LogP contribution in [0.3, 0.4) is 0 Å². The van der Waals surface area contributed by atoms with Crippen LogP contribution in [-0.4, -0.2) is 11.1 Å². The van der Waals surface area contributed by atoms with E-state index in [1.165, 1.54) is 18.3 Å². The van der Waals surface area contributed by atoms with Gasteiger partial charge in [-0.1, -0.05) is 12.1 Å². The third-order valence-electron chi connectivity index (χ3n) is 2.65. The van der Waals surface area contributed by atoms with Crippen LogP contribution in [-0.2, 0) is 9.59 Å². The molecule has 0 aliphatic carbocycles. The van der Waals surface area contributed by atoms with E-state index in [4.69, 9.17) is 11.6 Å². The molecule has 0 radical (unpaired) electrons. The fourth-order valence-electron chi connectivity index (χ4n) is 1.80. The first-order valence-electron chi connectivity index (χ1n) is 5.02. The number of rotatable bonds is 2. The third-order valence-corrected chi connectivity index (χ3v) is 2.87. The molecule has 0 spiro atoms. The molecule has 1 heterocycles. The molecule has 1 aromatic rings. The third kappa shape index (κ3) is 2.53. The maximum Gasteiger partial charge on any atom is 0.250 e. The van der Waals surface area contributed by atoms with Gasteiger partial charge in [0.2, 0.25) is 11.1 Å². The molecule has 3 nitrogen and oxygen atoms in total. The molecular weight excluding hydrogens is 245 g/mol. The number of benzene rings is 1. The quantitative estimate of drug-likeness (QED) is 0.821. The molecule has 0 saturated heterocycles. The van der Waals surface area contributed by atoms with Gasteiger partial charge in [-0.15, -0.1) is 0 Å². The average molecular weight is 254 g/mol. The van der Waals surface area contributed by atoms with Crippen molar-refractivity contribution in [3.63, 3.8) is 0 Å². The predicted octanol–water partition coefficient (Wildman–Crippen LogP) is 2.08. The summed E-state index contributed by atoms with van der Waals surface area (Å²) < 4.78 is 12.8. The lowest BCUT2D eigenvalue weighted by atomic mass is 9.87. The molecule has 5 heteroatoms. The molecular formula is C12H9ClFNO2. The molecule has 1 N–H and O–H groups in total. The van der Waals surface area contributed by atoms with Gasteiger partial charge in [0.15, 0.2) is 0 Å². The first-order chi connectivity index (χ1) is 8.08. The van der Waals surface area contributed by atoms with E-state index in [9.17, 15) is 14.0 Å². The highest BCUT2D eigenvalue weighted by molar-refractivity contribution is 6.67. The Balaban J connectivity index is 2.37. The van der Waals surface area contributed by atoms with Crippen LogP contribution < -0.4 is 5.32 Å². The Hall–Kier alpha value is -1.68. The number of hydrogen-bond acceptors (Lipinski definition) is 2. The van der Waals surface area contributed by atoms with E-state index in [2.05, 4.69) is 5.32 Å². The van der Waals surface area contributed by atoms with E-state index < -0.39 is 11.2 Å². The molecule has 1 unspecified atom stereocenters. The minimum absolute atomic E-state index is 0.135. The molecule has 1 atom stereocenters. The summed E-state index contributed by atoms with van der Waals surface area (Å²) >= 11 is 5.45. The first kappa shape index (κ1) is 11.8. The second-order valence-electron chi connectivity index (χ2n) is 3.75. The van der Waals surface area contributed by atoms with E-state index in [-0.39, 0.29) is 18.1 Å². The molecule has 0 saturated carbocycles. The van der Waals surface area contributed by atoms with Crippen LogP contribution in [0.2, 0.25) is 0 Å². The van der Waals surface area contributed by atoms with Crippen molar-refractivity contribution in [3.05, 3.63) is 47.4 Å². The molecule has 0 bridgehead atoms. The topological polar surface area (TPSA) is 46.2 Å². The van der Waals surface area contributed by atoms with Crippen molar-refractivity contribution in [1.29, 1.82) is 0 Å². The fraction of sp³-hybridized carbons (Fsp3) is 0.167. The smallest absolute Gasteiger partial charge is 0.250 e. The zero-order chi connectivity index (χ0) is 12.4. The number of halogens is 2. The summed E-state index contributed by atoms with van der Waals surface area (Å²) in [5.41, 5.74) is 1.01. The lowest BCUT2D eigenvalue weighted by Gasteiger charge is -2.22. The molecule has 17 heavy (non-hydrogen) atoms. The second kappa shape index (κ2) is 4.67. The van der Waals surface area contributed by atoms with Crippen molar-refractivity contribution >= 4 is 22.8 Å². The van der Waals surface area contributed by atoms with Gasteiger partial charge in [-0.2, -0.15) is 0 Å². The molecule has 1 aromatic carbocycles. The number of allylic oxidation sites excluding steroid dienone is 1. The molecule has 0 aromatic heterocycles. The van der Waals surface area contributed by atoms with Crippen LogP contribution in [0.25, 0.3) is 0 Å². The van der Waals surface area contributed by atoms with Crippen LogP contribution in [0.5, 0.6) is 0 Å². The van der Waals surface area contributed by atoms with E-state index in [0.717, 1.165) is 0 Å². The van der Waals surface area contributed by atoms with Crippen LogP contribution in [0.15, 0.2) is 36.0 Å². The van der Waals surface area contributed by atoms with Gasteiger partial charge in [0, 0.05) is 24.1 Å². The molecule has 1 amide bonds. The SMILES string of the molecule is O=C1CC(c2ccc(F)cc2)C(C(=O)Cl)=CN1. The van der Waals surface area contributed by atoms with Crippen LogP contribution in [0, 0.1) is 5.82 Å². The highest BCUT2D eigenvalue weighted by Gasteiger charge is 2.27. The summed E-state index contributed by atoms with van der Waals surface area (Å²) in [6.07, 6.45) is 1.45. The fourth-order valence-corrected chi connectivity index (χ4v) is 1.99. The summed E-state index contributed by atoms with van der Waals surface area (Å²) in [4.78, 5) is 22.5. The number of carbonyl (C=O) groups is 2. The minimum atomic E-state index is -0.612. The zero-order valence-electron chi connectivity index (χ0n) is 8.74. The minimum Gasteiger partial charge on any atom is -0.332 e. The monoisotopic (exact) mass is 253 g/mol. The van der Waals surface area contributed by atoms with E-state index in [0.29, 0.717) is 11.1 Å². The number of hydrogen-bond donors (Lipinski definition) is 1. The molecule has 1 aliphatic rings. The van der Waals surface area contributed by atoms with Crippen molar-refractivity contribution in [2.24, 2.45) is 0 Å². The number of amides is 1. The summed E-state index contributed by atoms with van der Waals surface area (Å²) in [5.74, 6) is -0.966. The predicted molar refractivity (Wildman–Crippen MR) is 60.8 cm³/mol. The van der Waals surface area contributed by atoms with Crippen LogP contribution in [0.4, 0.5) is 4.39 Å². The summed E-state index contributed by atoms with van der Waals surface area (Å²) in [5, 5.41) is 1.83. The Labute approximate surface area is 102 Å². The van der Waals surface area contributed by atoms with E-state index in [1.807, 2.05) is 0 Å². The highest BCUT2D eigenvalue weighted by Crippen LogP contribution is 2.31. The first-order valence-corrected chi connectivity index (χ1v) is 5.40. The van der Waals surface area contributed by atoms with Crippen molar-refractivity contribution in [2.45, 2.75) is 12.3 Å². The molecule has 1 aliphatic heterocycles. The second-order valence-corrected chi connectivity index (χ2v) is 4.09. The summed E-state index contributed by atoms with van der Waals surface area (Å²) in [6.45, 7) is 0. The zero-order valence-corrected chi connectivity index (χ0v) is 9.50. The van der Waals surface area contributed by atoms with Crippen molar-refractivity contribution in [2.75, 3.05) is 0 Å². The maximum atomic E-state index is 12.8. The molecule has 88 valence electrons. The van der Waals surface area contributed by atoms with Gasteiger partial charge in [-0.05, 0) is 29.3 Å². The van der Waals surface area contributed by atoms with Crippen molar-refractivity contribution in [1.82, 2.24) is 5.32 Å². The Morgan fingerprint density at radius 2 is 2.00 bits per heavy atom. The normalized spacial score (nSPS) is 19.5. The van der Waals surface area contributed by atoms with Gasteiger partial charge in [0.1, 0.15) is 5.82 Å². The van der Waals surface area contributed by atoms with Crippen molar-refractivity contribution < 1.29 is 14.0 Å². The molecule has 2 rings (SSSR count). The lowest BCUT2D eigenvalue weighted by Crippen LogP contribution is -2.28. The van der Waals surface area contributed by atoms with Crippen LogP contribution in [0.1, 0.15) is 17.9 Å². The average Bonchev–Trinajstić information content (AvgIpc) is 2.29. The Kier molecular flexibility index (Phi) is 3.24. The van der Waals surface area contributed by atoms with Gasteiger partial charge in [0.05, 0.1) is 0 Å². The van der Waals surface area contributed by atoms with Gasteiger partial charge < -0.3 is 5.32 Å². The van der Waals surface area contributed by atoms with Gasteiger partial charge in [-0.25, -0.2) is 4.39 Å². The summed E-state index contributed by atoms with van der Waals surface area (Å²) in [6, 6.07) is 5.68. The Morgan fingerprint density at radius 1 is 1.35 bits per heavy atom. The Morgan fingerprint density at radius 3 is 2.59 bits per heavy atom. The number of carbonyl (C=O) groups excluding carboxylic acids is 2. The van der Waals surface area contributed by atoms with Crippen LogP contribution >= 0.6 is 11.6 Å². The van der Waals surface area contributed by atoms with Gasteiger partial charge in [-0.3, -0.25) is 9.59 Å². The Bertz CT molecular complexity index is 496. The van der Waals surface area contributed by atoms with E-state index >= 15 is 0 Å². The van der Waals surface area contributed by atoms with Gasteiger partial charge >= 0.3 is 0 Å². The van der Waals surface area contributed by atoms with Crippen molar-refractivity contribution in [3.8, 4) is 0 Å². The lowest BCUT2D eigenvalue weighted by molar-refractivity contribution is -0.120. The van der Waals surface area contributed by atoms with E-state index in [1.54, 1.807) is 12.1 Å².